The first-order chi connectivity index (χ1) is 16.2. The molecule has 0 unspecified atom stereocenters. The van der Waals surface area contributed by atoms with Gasteiger partial charge in [-0.25, -0.2) is 4.98 Å². The number of aromatic nitrogens is 1. The van der Waals surface area contributed by atoms with Gasteiger partial charge in [0, 0.05) is 23.5 Å². The topological polar surface area (TPSA) is 77.5 Å². The van der Waals surface area contributed by atoms with E-state index < -0.39 is 46.2 Å². The number of hydrogen-bond donors (Lipinski definition) is 1. The van der Waals surface area contributed by atoms with Gasteiger partial charge in [-0.2, -0.15) is 13.2 Å². The van der Waals surface area contributed by atoms with Crippen molar-refractivity contribution in [2.75, 3.05) is 5.32 Å². The zero-order valence-electron chi connectivity index (χ0n) is 17.4. The molecule has 35 heavy (non-hydrogen) atoms. The third-order valence-electron chi connectivity index (χ3n) is 4.29. The lowest BCUT2D eigenvalue weighted by Crippen LogP contribution is -2.17. The van der Waals surface area contributed by atoms with E-state index in [4.69, 9.17) is 16.3 Å². The minimum Gasteiger partial charge on any atom is -0.437 e. The summed E-state index contributed by atoms with van der Waals surface area (Å²) < 4.78 is 85.9. The van der Waals surface area contributed by atoms with Gasteiger partial charge in [-0.1, -0.05) is 23.7 Å². The monoisotopic (exact) mass is 518 g/mol. The second-order valence-corrected chi connectivity index (χ2v) is 7.31. The van der Waals surface area contributed by atoms with Gasteiger partial charge >= 0.3 is 12.5 Å². The van der Waals surface area contributed by atoms with Crippen molar-refractivity contribution in [3.63, 3.8) is 0 Å². The van der Waals surface area contributed by atoms with Crippen LogP contribution in [0.4, 0.5) is 32.0 Å². The third-order valence-corrected chi connectivity index (χ3v) is 4.59. The molecule has 1 aromatic heterocycles. The van der Waals surface area contributed by atoms with E-state index in [9.17, 15) is 35.9 Å². The van der Waals surface area contributed by atoms with E-state index in [0.717, 1.165) is 18.2 Å². The summed E-state index contributed by atoms with van der Waals surface area (Å²) in [5.74, 6) is -2.95. The molecule has 0 aliphatic heterocycles. The first kappa shape index (κ1) is 25.8. The van der Waals surface area contributed by atoms with Gasteiger partial charge in [0.05, 0.1) is 10.6 Å². The van der Waals surface area contributed by atoms with Gasteiger partial charge in [-0.3, -0.25) is 9.59 Å². The number of nitrogens with zero attached hydrogens (tertiary/aromatic N) is 1. The van der Waals surface area contributed by atoms with E-state index in [0.29, 0.717) is 12.3 Å². The van der Waals surface area contributed by atoms with E-state index in [1.807, 2.05) is 0 Å². The molecular formula is C22H13ClF6N2O4. The first-order valence-electron chi connectivity index (χ1n) is 9.45. The predicted octanol–water partition coefficient (Wildman–Crippen LogP) is 6.90. The average molecular weight is 519 g/mol. The molecule has 1 N–H and O–H groups in total. The average Bonchev–Trinajstić information content (AvgIpc) is 2.74. The van der Waals surface area contributed by atoms with Crippen LogP contribution in [0.3, 0.4) is 0 Å². The molecule has 1 amide bonds. The number of Topliss-reactive ketones (excluding diaryl/α,β-unsaturated/α-hetero) is 1. The fourth-order valence-electron chi connectivity index (χ4n) is 2.73. The molecular weight excluding hydrogens is 506 g/mol. The lowest BCUT2D eigenvalue weighted by Gasteiger charge is -2.15. The molecule has 3 rings (SSSR count). The molecule has 13 heteroatoms. The van der Waals surface area contributed by atoms with Crippen molar-refractivity contribution >= 4 is 29.0 Å². The minimum atomic E-state index is -4.98. The van der Waals surface area contributed by atoms with Crippen LogP contribution in [-0.4, -0.2) is 23.0 Å². The SMILES string of the molecule is CC(=O)c1cccc(NC(=O)c2cc(C(F)(F)F)cnc2Oc2ccc(OC(F)(F)F)cc2Cl)c1. The number of alkyl halides is 6. The van der Waals surface area contributed by atoms with Crippen molar-refractivity contribution in [3.8, 4) is 17.4 Å². The van der Waals surface area contributed by atoms with Crippen molar-refractivity contribution in [1.29, 1.82) is 0 Å². The normalized spacial score (nSPS) is 11.7. The molecule has 0 saturated heterocycles. The van der Waals surface area contributed by atoms with Crippen molar-refractivity contribution < 1.29 is 45.4 Å². The maximum Gasteiger partial charge on any atom is 0.573 e. The second-order valence-electron chi connectivity index (χ2n) is 6.91. The van der Waals surface area contributed by atoms with Crippen molar-refractivity contribution in [2.45, 2.75) is 19.5 Å². The zero-order valence-corrected chi connectivity index (χ0v) is 18.2. The Morgan fingerprint density at radius 2 is 1.71 bits per heavy atom. The highest BCUT2D eigenvalue weighted by Gasteiger charge is 2.34. The zero-order chi connectivity index (χ0) is 26.0. The number of ketones is 1. The lowest BCUT2D eigenvalue weighted by atomic mass is 10.1. The van der Waals surface area contributed by atoms with Crippen LogP contribution < -0.4 is 14.8 Å². The van der Waals surface area contributed by atoms with Crippen LogP contribution in [0.2, 0.25) is 5.02 Å². The van der Waals surface area contributed by atoms with E-state index in [1.165, 1.54) is 31.2 Å². The number of benzene rings is 2. The number of hydrogen-bond acceptors (Lipinski definition) is 5. The van der Waals surface area contributed by atoms with Crippen LogP contribution in [0.25, 0.3) is 0 Å². The molecule has 0 aliphatic rings. The summed E-state index contributed by atoms with van der Waals surface area (Å²) in [5.41, 5.74) is -1.56. The summed E-state index contributed by atoms with van der Waals surface area (Å²) in [6.45, 7) is 1.29. The molecule has 0 saturated carbocycles. The van der Waals surface area contributed by atoms with Gasteiger partial charge in [0.1, 0.15) is 17.1 Å². The number of carbonyl (C=O) groups is 2. The van der Waals surface area contributed by atoms with Crippen molar-refractivity contribution in [1.82, 2.24) is 4.98 Å². The van der Waals surface area contributed by atoms with E-state index in [-0.39, 0.29) is 22.8 Å². The van der Waals surface area contributed by atoms with Crippen molar-refractivity contribution in [3.05, 3.63) is 76.4 Å². The number of amides is 1. The molecule has 1 heterocycles. The molecule has 0 radical (unpaired) electrons. The standard InChI is InChI=1S/C22H13ClF6N2O4/c1-11(32)12-3-2-4-14(7-12)31-19(33)16-8-13(21(24,25)26)10-30-20(16)34-18-6-5-15(9-17(18)23)35-22(27,28)29/h2-10H,1H3,(H,31,33). The van der Waals surface area contributed by atoms with Gasteiger partial charge in [0.2, 0.25) is 5.88 Å². The molecule has 0 fully saturated rings. The number of rotatable bonds is 6. The first-order valence-corrected chi connectivity index (χ1v) is 9.83. The summed E-state index contributed by atoms with van der Waals surface area (Å²) in [6, 6.07) is 8.72. The molecule has 6 nitrogen and oxygen atoms in total. The summed E-state index contributed by atoms with van der Waals surface area (Å²) >= 11 is 5.91. The van der Waals surface area contributed by atoms with Gasteiger partial charge in [-0.15, -0.1) is 13.2 Å². The predicted molar refractivity (Wildman–Crippen MR) is 112 cm³/mol. The summed E-state index contributed by atoms with van der Waals surface area (Å²) in [7, 11) is 0. The molecule has 0 bridgehead atoms. The van der Waals surface area contributed by atoms with Crippen molar-refractivity contribution in [2.24, 2.45) is 0 Å². The Bertz CT molecular complexity index is 1280. The highest BCUT2D eigenvalue weighted by atomic mass is 35.5. The summed E-state index contributed by atoms with van der Waals surface area (Å²) in [4.78, 5) is 27.9. The van der Waals surface area contributed by atoms with E-state index in [1.54, 1.807) is 0 Å². The smallest absolute Gasteiger partial charge is 0.437 e. The number of anilines is 1. The molecule has 3 aromatic rings. The van der Waals surface area contributed by atoms with Gasteiger partial charge in [-0.05, 0) is 37.3 Å². The molecule has 0 aliphatic carbocycles. The van der Waals surface area contributed by atoms with Gasteiger partial charge in [0.25, 0.3) is 5.91 Å². The fraction of sp³-hybridized carbons (Fsp3) is 0.136. The number of carbonyl (C=O) groups excluding carboxylic acids is 2. The van der Waals surface area contributed by atoms with Gasteiger partial charge in [0.15, 0.2) is 5.78 Å². The van der Waals surface area contributed by atoms with Crippen LogP contribution in [-0.2, 0) is 6.18 Å². The summed E-state index contributed by atoms with van der Waals surface area (Å²) in [6.07, 6.45) is -9.41. The Kier molecular flexibility index (Phi) is 7.25. The van der Waals surface area contributed by atoms with Crippen LogP contribution in [0.5, 0.6) is 17.4 Å². The Labute approximate surface area is 198 Å². The number of nitrogens with one attached hydrogen (secondary N) is 1. The Morgan fingerprint density at radius 3 is 2.31 bits per heavy atom. The van der Waals surface area contributed by atoms with Crippen LogP contribution in [0.1, 0.15) is 33.2 Å². The maximum absolute atomic E-state index is 13.2. The van der Waals surface area contributed by atoms with Gasteiger partial charge < -0.3 is 14.8 Å². The molecule has 0 atom stereocenters. The Balaban J connectivity index is 1.96. The van der Waals surface area contributed by atoms with Crippen LogP contribution in [0.15, 0.2) is 54.7 Å². The Hall–Kier alpha value is -3.80. The fourth-order valence-corrected chi connectivity index (χ4v) is 2.94. The molecule has 0 spiro atoms. The number of halogens is 7. The minimum absolute atomic E-state index is 0.109. The molecule has 184 valence electrons. The largest absolute Gasteiger partial charge is 0.573 e. The van der Waals surface area contributed by atoms with Crippen LogP contribution >= 0.6 is 11.6 Å². The highest BCUT2D eigenvalue weighted by Crippen LogP contribution is 2.37. The van der Waals surface area contributed by atoms with E-state index >= 15 is 0 Å². The quantitative estimate of drug-likeness (QED) is 0.284. The third kappa shape index (κ3) is 6.85. The number of pyridine rings is 1. The highest BCUT2D eigenvalue weighted by molar-refractivity contribution is 6.32. The Morgan fingerprint density at radius 1 is 1.00 bits per heavy atom. The molecule has 2 aromatic carbocycles. The van der Waals surface area contributed by atoms with E-state index in [2.05, 4.69) is 15.0 Å². The number of ether oxygens (including phenoxy) is 2. The lowest BCUT2D eigenvalue weighted by molar-refractivity contribution is -0.274. The van der Waals surface area contributed by atoms with Crippen LogP contribution in [0, 0.1) is 0 Å². The second kappa shape index (κ2) is 9.82. The maximum atomic E-state index is 13.2. The summed E-state index contributed by atoms with van der Waals surface area (Å²) in [5, 5.41) is 1.96.